The first-order valence-electron chi connectivity index (χ1n) is 8.23. The fraction of sp³-hybridized carbons (Fsp3) is 0.0476. The predicted molar refractivity (Wildman–Crippen MR) is 102 cm³/mol. The molecule has 0 unspecified atom stereocenters. The highest BCUT2D eigenvalue weighted by molar-refractivity contribution is 6.05. The van der Waals surface area contributed by atoms with Gasteiger partial charge in [-0.1, -0.05) is 24.3 Å². The third-order valence-corrected chi connectivity index (χ3v) is 3.61. The van der Waals surface area contributed by atoms with Crippen molar-refractivity contribution in [2.75, 3.05) is 10.6 Å². The summed E-state index contributed by atoms with van der Waals surface area (Å²) in [6.45, 7) is 1.35. The van der Waals surface area contributed by atoms with Crippen molar-refractivity contribution in [3.05, 3.63) is 84.2 Å². The Bertz CT molecular complexity index is 974. The molecule has 0 heterocycles. The molecule has 0 aliphatic carbocycles. The molecule has 27 heavy (non-hydrogen) atoms. The molecule has 2 N–H and O–H groups in total. The lowest BCUT2D eigenvalue weighted by atomic mass is 10.2. The second kappa shape index (κ2) is 8.14. The van der Waals surface area contributed by atoms with Crippen molar-refractivity contribution in [3.8, 4) is 11.5 Å². The minimum absolute atomic E-state index is 0.0272. The summed E-state index contributed by atoms with van der Waals surface area (Å²) in [5.41, 5.74) is 0.675. The van der Waals surface area contributed by atoms with Gasteiger partial charge in [-0.3, -0.25) is 9.59 Å². The number of halogens is 1. The number of nitrogens with one attached hydrogen (secondary N) is 2. The summed E-state index contributed by atoms with van der Waals surface area (Å²) in [7, 11) is 0. The number of para-hydroxylation sites is 1. The van der Waals surface area contributed by atoms with Crippen LogP contribution in [-0.2, 0) is 4.79 Å². The Balaban J connectivity index is 1.76. The fourth-order valence-corrected chi connectivity index (χ4v) is 2.42. The van der Waals surface area contributed by atoms with E-state index in [1.165, 1.54) is 25.1 Å². The van der Waals surface area contributed by atoms with Crippen molar-refractivity contribution in [1.29, 1.82) is 0 Å². The van der Waals surface area contributed by atoms with E-state index in [1.807, 2.05) is 18.2 Å². The SMILES string of the molecule is CC(=O)Nc1ccc(F)c(NC(=O)c2cccc(Oc3ccccc3)c2)c1. The van der Waals surface area contributed by atoms with E-state index in [-0.39, 0.29) is 11.6 Å². The predicted octanol–water partition coefficient (Wildman–Crippen LogP) is 4.83. The molecule has 6 heteroatoms. The second-order valence-corrected chi connectivity index (χ2v) is 5.77. The summed E-state index contributed by atoms with van der Waals surface area (Å²) >= 11 is 0. The molecule has 0 bridgehead atoms. The van der Waals surface area contributed by atoms with Crippen LogP contribution in [0.1, 0.15) is 17.3 Å². The summed E-state index contributed by atoms with van der Waals surface area (Å²) in [5, 5.41) is 5.06. The molecular weight excluding hydrogens is 347 g/mol. The molecule has 0 aromatic heterocycles. The minimum Gasteiger partial charge on any atom is -0.457 e. The van der Waals surface area contributed by atoms with Crippen LogP contribution in [-0.4, -0.2) is 11.8 Å². The van der Waals surface area contributed by atoms with Gasteiger partial charge < -0.3 is 15.4 Å². The molecule has 0 aliphatic heterocycles. The molecule has 0 aliphatic rings. The van der Waals surface area contributed by atoms with Gasteiger partial charge in [0, 0.05) is 18.2 Å². The first-order valence-corrected chi connectivity index (χ1v) is 8.23. The van der Waals surface area contributed by atoms with Crippen LogP contribution < -0.4 is 15.4 Å². The number of carbonyl (C=O) groups is 2. The highest BCUT2D eigenvalue weighted by atomic mass is 19.1. The summed E-state index contributed by atoms with van der Waals surface area (Å²) < 4.78 is 19.7. The van der Waals surface area contributed by atoms with Gasteiger partial charge in [0.2, 0.25) is 5.91 Å². The van der Waals surface area contributed by atoms with Crippen LogP contribution in [0.15, 0.2) is 72.8 Å². The highest BCUT2D eigenvalue weighted by Crippen LogP contribution is 2.24. The minimum atomic E-state index is -0.603. The lowest BCUT2D eigenvalue weighted by Gasteiger charge is -2.10. The molecule has 0 atom stereocenters. The van der Waals surface area contributed by atoms with Crippen LogP contribution in [0.5, 0.6) is 11.5 Å². The topological polar surface area (TPSA) is 67.4 Å². The summed E-state index contributed by atoms with van der Waals surface area (Å²) in [6.07, 6.45) is 0. The Morgan fingerprint density at radius 2 is 1.59 bits per heavy atom. The maximum absolute atomic E-state index is 14.0. The second-order valence-electron chi connectivity index (χ2n) is 5.77. The van der Waals surface area contributed by atoms with Gasteiger partial charge in [-0.15, -0.1) is 0 Å². The van der Waals surface area contributed by atoms with E-state index in [0.717, 1.165) is 0 Å². The van der Waals surface area contributed by atoms with Crippen LogP contribution in [0.25, 0.3) is 0 Å². The Kier molecular flexibility index (Phi) is 5.47. The maximum Gasteiger partial charge on any atom is 0.255 e. The normalized spacial score (nSPS) is 10.1. The van der Waals surface area contributed by atoms with E-state index in [4.69, 9.17) is 4.74 Å². The molecule has 0 saturated carbocycles. The third-order valence-electron chi connectivity index (χ3n) is 3.61. The van der Waals surface area contributed by atoms with Gasteiger partial charge in [-0.2, -0.15) is 0 Å². The smallest absolute Gasteiger partial charge is 0.255 e. The lowest BCUT2D eigenvalue weighted by molar-refractivity contribution is -0.114. The number of carbonyl (C=O) groups excluding carboxylic acids is 2. The first-order chi connectivity index (χ1) is 13.0. The van der Waals surface area contributed by atoms with E-state index in [9.17, 15) is 14.0 Å². The molecule has 2 amide bonds. The van der Waals surface area contributed by atoms with E-state index in [1.54, 1.807) is 36.4 Å². The van der Waals surface area contributed by atoms with Gasteiger partial charge in [0.05, 0.1) is 5.69 Å². The monoisotopic (exact) mass is 364 g/mol. The first kappa shape index (κ1) is 18.1. The summed E-state index contributed by atoms with van der Waals surface area (Å²) in [5.74, 6) is -0.253. The van der Waals surface area contributed by atoms with E-state index < -0.39 is 11.7 Å². The Labute approximate surface area is 155 Å². The van der Waals surface area contributed by atoms with Crippen LogP contribution in [0.3, 0.4) is 0 Å². The summed E-state index contributed by atoms with van der Waals surface area (Å²) in [6, 6.07) is 19.7. The summed E-state index contributed by atoms with van der Waals surface area (Å²) in [4.78, 5) is 23.6. The largest absolute Gasteiger partial charge is 0.457 e. The van der Waals surface area contributed by atoms with E-state index >= 15 is 0 Å². The van der Waals surface area contributed by atoms with Gasteiger partial charge in [0.25, 0.3) is 5.91 Å². The molecule has 5 nitrogen and oxygen atoms in total. The quantitative estimate of drug-likeness (QED) is 0.681. The fourth-order valence-electron chi connectivity index (χ4n) is 2.42. The number of rotatable bonds is 5. The maximum atomic E-state index is 14.0. The van der Waals surface area contributed by atoms with Gasteiger partial charge in [-0.05, 0) is 48.5 Å². The molecule has 3 aromatic carbocycles. The average Bonchev–Trinajstić information content (AvgIpc) is 2.65. The van der Waals surface area contributed by atoms with Crippen LogP contribution in [0, 0.1) is 5.82 Å². The molecule has 0 spiro atoms. The van der Waals surface area contributed by atoms with Gasteiger partial charge in [0.1, 0.15) is 17.3 Å². The Morgan fingerprint density at radius 3 is 2.33 bits per heavy atom. The van der Waals surface area contributed by atoms with Crippen molar-refractivity contribution in [2.24, 2.45) is 0 Å². The standard InChI is InChI=1S/C21H17FN2O3/c1-14(25)23-16-10-11-19(22)20(13-16)24-21(26)15-6-5-9-18(12-15)27-17-7-3-2-4-8-17/h2-13H,1H3,(H,23,25)(H,24,26). The zero-order chi connectivity index (χ0) is 19.2. The molecule has 0 fully saturated rings. The van der Waals surface area contributed by atoms with Gasteiger partial charge >= 0.3 is 0 Å². The number of amides is 2. The molecule has 3 aromatic rings. The molecule has 0 radical (unpaired) electrons. The zero-order valence-electron chi connectivity index (χ0n) is 14.5. The molecule has 3 rings (SSSR count). The lowest BCUT2D eigenvalue weighted by Crippen LogP contribution is -2.14. The number of hydrogen-bond acceptors (Lipinski definition) is 3. The molecular formula is C21H17FN2O3. The molecule has 0 saturated heterocycles. The van der Waals surface area contributed by atoms with Crippen LogP contribution in [0.2, 0.25) is 0 Å². The Morgan fingerprint density at radius 1 is 0.852 bits per heavy atom. The van der Waals surface area contributed by atoms with Crippen LogP contribution in [0.4, 0.5) is 15.8 Å². The van der Waals surface area contributed by atoms with Crippen molar-refractivity contribution in [1.82, 2.24) is 0 Å². The zero-order valence-corrected chi connectivity index (χ0v) is 14.5. The van der Waals surface area contributed by atoms with Crippen molar-refractivity contribution in [2.45, 2.75) is 6.92 Å². The van der Waals surface area contributed by atoms with E-state index in [2.05, 4.69) is 10.6 Å². The van der Waals surface area contributed by atoms with Crippen molar-refractivity contribution >= 4 is 23.2 Å². The number of ether oxygens (including phenoxy) is 1. The number of hydrogen-bond donors (Lipinski definition) is 2. The van der Waals surface area contributed by atoms with Crippen LogP contribution >= 0.6 is 0 Å². The van der Waals surface area contributed by atoms with Gasteiger partial charge in [0.15, 0.2) is 0 Å². The Hall–Kier alpha value is -3.67. The van der Waals surface area contributed by atoms with E-state index in [0.29, 0.717) is 22.7 Å². The number of anilines is 2. The van der Waals surface area contributed by atoms with Crippen molar-refractivity contribution < 1.29 is 18.7 Å². The highest BCUT2D eigenvalue weighted by Gasteiger charge is 2.12. The average molecular weight is 364 g/mol. The molecule has 136 valence electrons. The third kappa shape index (κ3) is 4.92. The van der Waals surface area contributed by atoms with Crippen molar-refractivity contribution in [3.63, 3.8) is 0 Å². The number of benzene rings is 3. The van der Waals surface area contributed by atoms with Gasteiger partial charge in [-0.25, -0.2) is 4.39 Å².